The molecule has 0 radical (unpaired) electrons. The summed E-state index contributed by atoms with van der Waals surface area (Å²) in [6, 6.07) is 22.8. The molecule has 4 atom stereocenters. The summed E-state index contributed by atoms with van der Waals surface area (Å²) in [4.78, 5) is 33.1. The third-order valence-electron chi connectivity index (χ3n) is 21.3. The van der Waals surface area contributed by atoms with Crippen LogP contribution in [-0.2, 0) is 24.2 Å². The van der Waals surface area contributed by atoms with Crippen LogP contribution in [0.25, 0.3) is 0 Å². The van der Waals surface area contributed by atoms with E-state index in [1.165, 1.54) is 0 Å². The third kappa shape index (κ3) is 15.4. The predicted molar refractivity (Wildman–Crippen MR) is 362 cm³/mol. The van der Waals surface area contributed by atoms with Gasteiger partial charge in [-0.15, -0.1) is 0 Å². The molecule has 4 unspecified atom stereocenters. The molecule has 0 bridgehead atoms. The van der Waals surface area contributed by atoms with Crippen molar-refractivity contribution < 1.29 is 45.7 Å². The molecule has 512 valence electrons. The summed E-state index contributed by atoms with van der Waals surface area (Å²) in [6.45, 7) is 17.8. The quantitative estimate of drug-likeness (QED) is 0.0980. The maximum atomic E-state index is 17.7. The number of methoxy groups -OCH3 is 2. The van der Waals surface area contributed by atoms with E-state index in [4.69, 9.17) is 24.2 Å². The Labute approximate surface area is 562 Å². The van der Waals surface area contributed by atoms with Crippen molar-refractivity contribution in [2.24, 2.45) is 10.8 Å². The highest BCUT2D eigenvalue weighted by atomic mass is 19.3. The van der Waals surface area contributed by atoms with Crippen molar-refractivity contribution >= 4 is 11.9 Å². The number of alkyl halides is 6. The first-order valence-corrected chi connectivity index (χ1v) is 34.7. The second-order valence-electron chi connectivity index (χ2n) is 29.9. The van der Waals surface area contributed by atoms with Gasteiger partial charge >= 0.3 is 0 Å². The number of hydrogen-bond acceptors (Lipinski definition) is 12. The van der Waals surface area contributed by atoms with Crippen LogP contribution in [-0.4, -0.2) is 87.3 Å². The molecule has 96 heavy (non-hydrogen) atoms. The van der Waals surface area contributed by atoms with E-state index in [1.54, 1.807) is 26.6 Å². The molecule has 4 aliphatic carbocycles. The molecule has 6 aliphatic rings. The predicted octanol–water partition coefficient (Wildman–Crippen LogP) is 18.4. The van der Waals surface area contributed by atoms with Gasteiger partial charge in [-0.2, -0.15) is 0 Å². The highest BCUT2D eigenvalue weighted by molar-refractivity contribution is 5.54. The number of nitrogens with zero attached hydrogens (tertiary/aromatic N) is 8. The van der Waals surface area contributed by atoms with Crippen molar-refractivity contribution in [3.63, 3.8) is 0 Å². The van der Waals surface area contributed by atoms with E-state index in [9.17, 15) is 22.7 Å². The molecule has 6 heterocycles. The maximum Gasteiger partial charge on any atom is 0.248 e. The van der Waals surface area contributed by atoms with Gasteiger partial charge in [0.2, 0.25) is 23.7 Å². The Bertz CT molecular complexity index is 3780. The zero-order chi connectivity index (χ0) is 67.8. The molecule has 13 rings (SSSR count). The lowest BCUT2D eigenvalue weighted by Crippen LogP contribution is -2.36. The van der Waals surface area contributed by atoms with Crippen LogP contribution in [0.5, 0.6) is 11.5 Å². The lowest BCUT2D eigenvalue weighted by atomic mass is 9.68. The number of hydrogen-bond donors (Lipinski definition) is 1. The molecule has 0 amide bonds. The Morgan fingerprint density at radius 2 is 0.896 bits per heavy atom. The Morgan fingerprint density at radius 1 is 0.490 bits per heavy atom. The molecule has 2 aliphatic heterocycles. The number of aliphatic hydroxyl groups excluding tert-OH is 1. The van der Waals surface area contributed by atoms with Crippen LogP contribution >= 0.6 is 0 Å². The molecule has 18 heteroatoms. The largest absolute Gasteiger partial charge is 0.497 e. The number of pyridine rings is 2. The van der Waals surface area contributed by atoms with Gasteiger partial charge in [0.15, 0.2) is 18.1 Å². The first-order valence-electron chi connectivity index (χ1n) is 34.7. The van der Waals surface area contributed by atoms with Gasteiger partial charge in [-0.25, -0.2) is 46.3 Å². The molecule has 2 saturated heterocycles. The van der Waals surface area contributed by atoms with Crippen molar-refractivity contribution in [1.82, 2.24) is 29.9 Å². The lowest BCUT2D eigenvalue weighted by Gasteiger charge is -2.42. The number of fused-ring (bicyclic) bond motifs is 2. The van der Waals surface area contributed by atoms with Gasteiger partial charge in [0.05, 0.1) is 56.8 Å². The number of aliphatic hydroxyl groups is 1. The normalized spacial score (nSPS) is 21.9. The molecule has 4 aromatic heterocycles. The monoisotopic (exact) mass is 1320 g/mol. The Balaban J connectivity index is 0.000000187. The van der Waals surface area contributed by atoms with E-state index >= 15 is 8.78 Å². The van der Waals surface area contributed by atoms with E-state index in [0.717, 1.165) is 93.2 Å². The molecule has 7 aromatic rings. The van der Waals surface area contributed by atoms with E-state index in [1.807, 2.05) is 106 Å². The molecule has 0 spiro atoms. The van der Waals surface area contributed by atoms with Crippen molar-refractivity contribution in [1.29, 1.82) is 0 Å². The summed E-state index contributed by atoms with van der Waals surface area (Å²) in [6.07, 6.45) is 8.72. The summed E-state index contributed by atoms with van der Waals surface area (Å²) in [5.41, 5.74) is 12.4. The van der Waals surface area contributed by atoms with Crippen LogP contribution in [0.1, 0.15) is 255 Å². The zero-order valence-corrected chi connectivity index (χ0v) is 57.2. The second-order valence-corrected chi connectivity index (χ2v) is 29.9. The van der Waals surface area contributed by atoms with Crippen LogP contribution < -0.4 is 19.3 Å². The van der Waals surface area contributed by atoms with Crippen LogP contribution in [0.4, 0.5) is 38.2 Å². The van der Waals surface area contributed by atoms with Gasteiger partial charge < -0.3 is 29.1 Å². The van der Waals surface area contributed by atoms with Crippen LogP contribution in [0.2, 0.25) is 0 Å². The number of anilines is 2. The highest BCUT2D eigenvalue weighted by Gasteiger charge is 2.47. The molecule has 12 nitrogen and oxygen atoms in total. The van der Waals surface area contributed by atoms with Crippen molar-refractivity contribution in [3.8, 4) is 11.5 Å². The maximum absolute atomic E-state index is 17.7. The van der Waals surface area contributed by atoms with E-state index < -0.39 is 30.3 Å². The Hall–Kier alpha value is -7.18. The molecule has 4 fully saturated rings. The minimum atomic E-state index is -2.72. The molecule has 3 aromatic carbocycles. The fraction of sp³-hybridized carbons (Fsp3) is 0.538. The number of rotatable bonds is 15. The van der Waals surface area contributed by atoms with Gasteiger partial charge in [0.25, 0.3) is 0 Å². The molecular formula is C78H94F6N8O4. The van der Waals surface area contributed by atoms with Gasteiger partial charge in [-0.05, 0) is 166 Å². The number of halogens is 6. The first kappa shape index (κ1) is 68.7. The fourth-order valence-corrected chi connectivity index (χ4v) is 16.1. The minimum absolute atomic E-state index is 0.00309. The summed E-state index contributed by atoms with van der Waals surface area (Å²) in [5, 5.41) is 11.6. The SMILES string of the molecule is COc1ccc(COC2CC(C)(C)Cc3nc(C4CCN(c5ncc(OC)cn5)CC4)c(C(F)c4ccc(C)cc4)c(C4CCC(F)(F)CC4)c32)cc1.Cc1ccc(C(F)c2c(C3CCN(c4ncc(C)cn4)CC3)nc3c(c2C2CCC(F)(F)CC2)C(O)CC(C)(C)C3)cc1. The summed E-state index contributed by atoms with van der Waals surface area (Å²) >= 11 is 0. The third-order valence-corrected chi connectivity index (χ3v) is 21.3. The van der Waals surface area contributed by atoms with Crippen molar-refractivity contribution in [3.05, 3.63) is 187 Å². The zero-order valence-electron chi connectivity index (χ0n) is 57.2. The summed E-state index contributed by atoms with van der Waals surface area (Å²) < 4.78 is 111. The molecular weight excluding hydrogens is 1230 g/mol. The average Bonchev–Trinajstić information content (AvgIpc) is 0.737. The average molecular weight is 1320 g/mol. The smallest absolute Gasteiger partial charge is 0.248 e. The highest BCUT2D eigenvalue weighted by Crippen LogP contribution is 2.56. The van der Waals surface area contributed by atoms with Gasteiger partial charge in [0.1, 0.15) is 5.75 Å². The lowest BCUT2D eigenvalue weighted by molar-refractivity contribution is -0.0394. The van der Waals surface area contributed by atoms with Gasteiger partial charge in [-0.1, -0.05) is 99.5 Å². The van der Waals surface area contributed by atoms with E-state index in [2.05, 4.69) is 57.4 Å². The van der Waals surface area contributed by atoms with Crippen LogP contribution in [0.3, 0.4) is 0 Å². The summed E-state index contributed by atoms with van der Waals surface area (Å²) in [7, 11) is 3.23. The van der Waals surface area contributed by atoms with Gasteiger partial charge in [-0.3, -0.25) is 9.97 Å². The Kier molecular flexibility index (Phi) is 20.3. The second kappa shape index (κ2) is 28.3. The van der Waals surface area contributed by atoms with E-state index in [-0.39, 0.29) is 79.1 Å². The molecule has 1 N–H and O–H groups in total. The standard InChI is InChI=1S/C43H51F3N4O3.C35H43F3N4O/c1-27-6-10-30(11-7-27)39(44)38-36(29-14-18-43(45,46)19-15-29)37-34(22-42(2,3)23-35(37)53-26-28-8-12-32(51-4)13-9-28)49-40(38)31-16-20-50(21-17-31)41-47-24-33(52-5)25-48-41;1-21-5-7-24(8-6-21)31(36)30-28(23-9-13-35(37,38)14-10-23)29-26(17-34(3,4)18-27(29)43)41-32(30)25-11-15-42(16-12-25)33-39-19-22(2)20-40-33/h6-13,24-25,29,31,35,39H,14-23,26H2,1-5H3;5-8,19-20,23,25,27,31,43H,9-18H2,1-4H3. The van der Waals surface area contributed by atoms with E-state index in [0.29, 0.717) is 117 Å². The number of benzene rings is 3. The Morgan fingerprint density at radius 3 is 1.33 bits per heavy atom. The molecule has 2 saturated carbocycles. The number of piperidine rings is 2. The van der Waals surface area contributed by atoms with Crippen molar-refractivity contribution in [2.75, 3.05) is 50.2 Å². The van der Waals surface area contributed by atoms with Crippen molar-refractivity contribution in [2.45, 2.75) is 218 Å². The fourth-order valence-electron chi connectivity index (χ4n) is 16.1. The number of aryl methyl sites for hydroxylation is 3. The first-order chi connectivity index (χ1) is 45.8. The topological polar surface area (TPSA) is 132 Å². The van der Waals surface area contributed by atoms with Crippen LogP contribution in [0.15, 0.2) is 97.6 Å². The minimum Gasteiger partial charge on any atom is -0.497 e. The number of aromatic nitrogens is 6. The van der Waals surface area contributed by atoms with Gasteiger partial charge in [0, 0.05) is 110 Å². The van der Waals surface area contributed by atoms with Crippen LogP contribution in [0, 0.1) is 31.6 Å². The number of ether oxygens (including phenoxy) is 3. The summed E-state index contributed by atoms with van der Waals surface area (Å²) in [5.74, 6) is -3.24.